The third kappa shape index (κ3) is 4.06. The maximum Gasteiger partial charge on any atom is 0.269 e. The Hall–Kier alpha value is -2.58. The fourth-order valence-corrected chi connectivity index (χ4v) is 4.32. The van der Waals surface area contributed by atoms with Crippen molar-refractivity contribution in [2.24, 2.45) is 0 Å². The molecular formula is C19H22N2O5S. The molecule has 0 radical (unpaired) electrons. The van der Waals surface area contributed by atoms with Crippen LogP contribution in [0.1, 0.15) is 13.8 Å². The first-order valence-corrected chi connectivity index (χ1v) is 10.2. The Morgan fingerprint density at radius 2 is 1.81 bits per heavy atom. The average molecular weight is 390 g/mol. The molecule has 0 saturated heterocycles. The van der Waals surface area contributed by atoms with Gasteiger partial charge in [0.15, 0.2) is 11.5 Å². The molecule has 3 rings (SSSR count). The van der Waals surface area contributed by atoms with Crippen molar-refractivity contribution in [3.8, 4) is 11.5 Å². The minimum Gasteiger partial charge on any atom is -0.485 e. The van der Waals surface area contributed by atoms with Crippen LogP contribution in [0, 0.1) is 0 Å². The van der Waals surface area contributed by atoms with Crippen molar-refractivity contribution in [1.29, 1.82) is 0 Å². The number of fused-ring (bicyclic) bond motifs is 1. The van der Waals surface area contributed by atoms with Gasteiger partial charge in [-0.05, 0) is 30.3 Å². The number of nitrogens with zero attached hydrogens (tertiary/aromatic N) is 1. The normalized spacial score (nSPS) is 16.2. The summed E-state index contributed by atoms with van der Waals surface area (Å²) < 4.78 is 37.9. The van der Waals surface area contributed by atoms with E-state index in [0.717, 1.165) is 0 Å². The predicted molar refractivity (Wildman–Crippen MR) is 102 cm³/mol. The van der Waals surface area contributed by atoms with Crippen LogP contribution in [0.15, 0.2) is 53.4 Å². The number of ether oxygens (including phenoxy) is 2. The molecule has 0 aromatic heterocycles. The van der Waals surface area contributed by atoms with Gasteiger partial charge in [0.2, 0.25) is 16.1 Å². The highest BCUT2D eigenvalue weighted by atomic mass is 32.2. The maximum atomic E-state index is 12.6. The molecule has 7 nitrogen and oxygen atoms in total. The number of amides is 1. The second kappa shape index (κ2) is 7.98. The highest BCUT2D eigenvalue weighted by Gasteiger charge is 2.28. The van der Waals surface area contributed by atoms with Gasteiger partial charge in [0.1, 0.15) is 6.61 Å². The quantitative estimate of drug-likeness (QED) is 0.819. The summed E-state index contributed by atoms with van der Waals surface area (Å²) >= 11 is 0. The fraction of sp³-hybridized carbons (Fsp3) is 0.316. The summed E-state index contributed by atoms with van der Waals surface area (Å²) in [5.74, 6) is 0.692. The van der Waals surface area contributed by atoms with Crippen molar-refractivity contribution >= 4 is 21.6 Å². The number of rotatable bonds is 6. The molecule has 0 spiro atoms. The molecule has 0 aliphatic carbocycles. The number of carbonyl (C=O) groups is 1. The summed E-state index contributed by atoms with van der Waals surface area (Å²) in [6.45, 7) is 4.40. The van der Waals surface area contributed by atoms with E-state index in [2.05, 4.69) is 5.32 Å². The lowest BCUT2D eigenvalue weighted by Crippen LogP contribution is -2.40. The van der Waals surface area contributed by atoms with Crippen molar-refractivity contribution in [3.05, 3.63) is 48.5 Å². The van der Waals surface area contributed by atoms with E-state index in [1.165, 1.54) is 16.4 Å². The molecule has 1 N–H and O–H groups in total. The van der Waals surface area contributed by atoms with Gasteiger partial charge in [-0.2, -0.15) is 4.31 Å². The summed E-state index contributed by atoms with van der Waals surface area (Å²) in [6, 6.07) is 13.3. The van der Waals surface area contributed by atoms with E-state index in [9.17, 15) is 13.2 Å². The Morgan fingerprint density at radius 1 is 1.11 bits per heavy atom. The number of sulfonamides is 1. The van der Waals surface area contributed by atoms with Crippen LogP contribution in [0.3, 0.4) is 0 Å². The first-order valence-electron chi connectivity index (χ1n) is 8.75. The molecule has 0 bridgehead atoms. The minimum absolute atomic E-state index is 0.0836. The van der Waals surface area contributed by atoms with Gasteiger partial charge in [0, 0.05) is 18.8 Å². The Labute approximate surface area is 158 Å². The summed E-state index contributed by atoms with van der Waals surface area (Å²) in [5.41, 5.74) is 0.385. The van der Waals surface area contributed by atoms with E-state index >= 15 is 0 Å². The Bertz CT molecular complexity index is 925. The van der Waals surface area contributed by atoms with Crippen LogP contribution in [0.5, 0.6) is 11.5 Å². The molecule has 8 heteroatoms. The molecule has 0 saturated carbocycles. The van der Waals surface area contributed by atoms with Crippen molar-refractivity contribution in [2.75, 3.05) is 25.0 Å². The van der Waals surface area contributed by atoms with E-state index in [-0.39, 0.29) is 11.5 Å². The lowest BCUT2D eigenvalue weighted by Gasteiger charge is -2.25. The molecule has 1 aliphatic rings. The Kier molecular flexibility index (Phi) is 5.67. The highest BCUT2D eigenvalue weighted by molar-refractivity contribution is 7.89. The van der Waals surface area contributed by atoms with E-state index in [4.69, 9.17) is 9.47 Å². The molecule has 1 aliphatic heterocycles. The molecule has 1 unspecified atom stereocenters. The molecule has 1 amide bonds. The van der Waals surface area contributed by atoms with Crippen molar-refractivity contribution in [1.82, 2.24) is 4.31 Å². The number of hydrogen-bond acceptors (Lipinski definition) is 5. The Morgan fingerprint density at radius 3 is 2.52 bits per heavy atom. The molecule has 1 atom stereocenters. The molecule has 0 fully saturated rings. The number of anilines is 1. The second-order valence-electron chi connectivity index (χ2n) is 5.97. The van der Waals surface area contributed by atoms with Gasteiger partial charge in [-0.25, -0.2) is 8.42 Å². The van der Waals surface area contributed by atoms with Crippen LogP contribution in [0.2, 0.25) is 0 Å². The zero-order valence-electron chi connectivity index (χ0n) is 15.2. The molecule has 2 aromatic rings. The van der Waals surface area contributed by atoms with Gasteiger partial charge in [0.25, 0.3) is 5.91 Å². The monoisotopic (exact) mass is 390 g/mol. The number of benzene rings is 2. The zero-order valence-corrected chi connectivity index (χ0v) is 16.0. The molecule has 27 heavy (non-hydrogen) atoms. The first-order chi connectivity index (χ1) is 13.0. The van der Waals surface area contributed by atoms with Gasteiger partial charge < -0.3 is 14.8 Å². The van der Waals surface area contributed by atoms with Crippen molar-refractivity contribution in [2.45, 2.75) is 24.8 Å². The third-order valence-electron chi connectivity index (χ3n) is 4.25. The molecule has 144 valence electrons. The van der Waals surface area contributed by atoms with Crippen LogP contribution in [-0.4, -0.2) is 44.4 Å². The zero-order chi connectivity index (χ0) is 19.4. The average Bonchev–Trinajstić information content (AvgIpc) is 2.68. The standard InChI is InChI=1S/C19H22N2O5S/c1-3-21(4-2)27(23,24)15-9-7-8-14(12-15)20-19(22)18-13-25-16-10-5-6-11-17(16)26-18/h5-12,18H,3-4,13H2,1-2H3,(H,20,22). The summed E-state index contributed by atoms with van der Waals surface area (Å²) in [4.78, 5) is 12.6. The van der Waals surface area contributed by atoms with Crippen molar-refractivity contribution in [3.63, 3.8) is 0 Å². The van der Waals surface area contributed by atoms with Gasteiger partial charge in [-0.15, -0.1) is 0 Å². The van der Waals surface area contributed by atoms with Crippen LogP contribution >= 0.6 is 0 Å². The van der Waals surface area contributed by atoms with E-state index in [1.807, 2.05) is 6.07 Å². The van der Waals surface area contributed by atoms with E-state index in [1.54, 1.807) is 44.2 Å². The predicted octanol–water partition coefficient (Wildman–Crippen LogP) is 2.50. The van der Waals surface area contributed by atoms with Gasteiger partial charge in [0.05, 0.1) is 4.90 Å². The second-order valence-corrected chi connectivity index (χ2v) is 7.91. The Balaban J connectivity index is 1.74. The van der Waals surface area contributed by atoms with Gasteiger partial charge >= 0.3 is 0 Å². The van der Waals surface area contributed by atoms with E-state index < -0.39 is 22.0 Å². The molecule has 2 aromatic carbocycles. The molecular weight excluding hydrogens is 368 g/mol. The number of nitrogens with one attached hydrogen (secondary N) is 1. The highest BCUT2D eigenvalue weighted by Crippen LogP contribution is 2.31. The first kappa shape index (κ1) is 19.2. The number of para-hydroxylation sites is 2. The van der Waals surface area contributed by atoms with E-state index in [0.29, 0.717) is 30.3 Å². The van der Waals surface area contributed by atoms with Gasteiger partial charge in [-0.1, -0.05) is 32.0 Å². The topological polar surface area (TPSA) is 84.9 Å². The summed E-state index contributed by atoms with van der Waals surface area (Å²) in [5, 5.41) is 2.70. The molecule has 1 heterocycles. The summed E-state index contributed by atoms with van der Waals surface area (Å²) in [7, 11) is -3.60. The SMILES string of the molecule is CCN(CC)S(=O)(=O)c1cccc(NC(=O)C2COc3ccccc3O2)c1. The fourth-order valence-electron chi connectivity index (χ4n) is 2.82. The number of carbonyl (C=O) groups excluding carboxylic acids is 1. The number of hydrogen-bond donors (Lipinski definition) is 1. The largest absolute Gasteiger partial charge is 0.485 e. The van der Waals surface area contributed by atoms with Gasteiger partial charge in [-0.3, -0.25) is 4.79 Å². The van der Waals surface area contributed by atoms with Crippen LogP contribution in [0.25, 0.3) is 0 Å². The van der Waals surface area contributed by atoms with Crippen LogP contribution < -0.4 is 14.8 Å². The minimum atomic E-state index is -3.60. The van der Waals surface area contributed by atoms with Crippen LogP contribution in [0.4, 0.5) is 5.69 Å². The smallest absolute Gasteiger partial charge is 0.269 e. The third-order valence-corrected chi connectivity index (χ3v) is 6.29. The summed E-state index contributed by atoms with van der Waals surface area (Å²) in [6.07, 6.45) is -0.817. The maximum absolute atomic E-state index is 12.6. The lowest BCUT2D eigenvalue weighted by molar-refractivity contribution is -0.125. The van der Waals surface area contributed by atoms with Crippen molar-refractivity contribution < 1.29 is 22.7 Å². The lowest BCUT2D eigenvalue weighted by atomic mass is 10.2. The van der Waals surface area contributed by atoms with Crippen LogP contribution in [-0.2, 0) is 14.8 Å².